The molecule has 0 spiro atoms. The Balaban J connectivity index is 1.57. The number of rotatable bonds is 6. The van der Waals surface area contributed by atoms with Crippen molar-refractivity contribution in [2.75, 3.05) is 19.8 Å². The molecular formula is C17H24ClNO. The Morgan fingerprint density at radius 3 is 2.90 bits per heavy atom. The van der Waals surface area contributed by atoms with Crippen LogP contribution in [-0.2, 0) is 11.2 Å². The van der Waals surface area contributed by atoms with E-state index in [9.17, 15) is 0 Å². The van der Waals surface area contributed by atoms with Crippen molar-refractivity contribution in [2.24, 2.45) is 11.3 Å². The van der Waals surface area contributed by atoms with Gasteiger partial charge in [0, 0.05) is 24.2 Å². The van der Waals surface area contributed by atoms with Crippen LogP contribution in [0.1, 0.15) is 43.9 Å². The maximum Gasteiger partial charge on any atom is 0.0591 e. The smallest absolute Gasteiger partial charge is 0.0591 e. The molecule has 2 aliphatic rings. The van der Waals surface area contributed by atoms with E-state index in [0.29, 0.717) is 6.04 Å². The monoisotopic (exact) mass is 293 g/mol. The third-order valence-corrected chi connectivity index (χ3v) is 4.73. The van der Waals surface area contributed by atoms with Crippen molar-refractivity contribution in [2.45, 2.75) is 39.2 Å². The van der Waals surface area contributed by atoms with Gasteiger partial charge in [-0.3, -0.25) is 0 Å². The summed E-state index contributed by atoms with van der Waals surface area (Å²) in [7, 11) is 0. The summed E-state index contributed by atoms with van der Waals surface area (Å²) in [6, 6.07) is 6.66. The van der Waals surface area contributed by atoms with Gasteiger partial charge < -0.3 is 10.1 Å². The van der Waals surface area contributed by atoms with E-state index in [1.165, 1.54) is 24.0 Å². The molecule has 0 radical (unpaired) electrons. The summed E-state index contributed by atoms with van der Waals surface area (Å²) in [4.78, 5) is 0. The van der Waals surface area contributed by atoms with E-state index < -0.39 is 0 Å². The summed E-state index contributed by atoms with van der Waals surface area (Å²) in [6.07, 6.45) is 3.82. The van der Waals surface area contributed by atoms with Crippen LogP contribution >= 0.6 is 11.6 Å². The number of benzene rings is 1. The largest absolute Gasteiger partial charge is 0.380 e. The van der Waals surface area contributed by atoms with Crippen molar-refractivity contribution in [3.8, 4) is 0 Å². The van der Waals surface area contributed by atoms with Crippen molar-refractivity contribution >= 4 is 11.6 Å². The van der Waals surface area contributed by atoms with E-state index in [0.717, 1.165) is 37.1 Å². The Hall–Kier alpha value is -0.570. The maximum absolute atomic E-state index is 6.15. The van der Waals surface area contributed by atoms with Crippen LogP contribution in [-0.4, -0.2) is 19.8 Å². The number of fused-ring (bicyclic) bond motifs is 1. The molecule has 110 valence electrons. The van der Waals surface area contributed by atoms with Crippen LogP contribution in [0.15, 0.2) is 18.2 Å². The van der Waals surface area contributed by atoms with Gasteiger partial charge in [-0.1, -0.05) is 31.5 Å². The van der Waals surface area contributed by atoms with Gasteiger partial charge in [-0.2, -0.15) is 0 Å². The van der Waals surface area contributed by atoms with Gasteiger partial charge in [-0.05, 0) is 53.9 Å². The van der Waals surface area contributed by atoms with Crippen molar-refractivity contribution in [1.29, 1.82) is 0 Å². The van der Waals surface area contributed by atoms with Crippen molar-refractivity contribution in [1.82, 2.24) is 5.32 Å². The minimum atomic E-state index is 0.240. The lowest BCUT2D eigenvalue weighted by atomic mass is 9.85. The summed E-state index contributed by atoms with van der Waals surface area (Å²) in [5.74, 6) is 0.845. The second kappa shape index (κ2) is 5.67. The molecule has 0 aliphatic heterocycles. The second-order valence-corrected chi connectivity index (χ2v) is 7.35. The van der Waals surface area contributed by atoms with E-state index in [1.54, 1.807) is 0 Å². The molecule has 1 atom stereocenters. The molecule has 0 amide bonds. The van der Waals surface area contributed by atoms with Gasteiger partial charge >= 0.3 is 0 Å². The zero-order chi connectivity index (χ0) is 14.2. The van der Waals surface area contributed by atoms with E-state index in [1.807, 2.05) is 6.07 Å². The fourth-order valence-electron chi connectivity index (χ4n) is 3.21. The Kier molecular flexibility index (Phi) is 4.07. The fourth-order valence-corrected chi connectivity index (χ4v) is 3.39. The fraction of sp³-hybridized carbons (Fsp3) is 0.647. The summed E-state index contributed by atoms with van der Waals surface area (Å²) in [5.41, 5.74) is 3.03. The minimum absolute atomic E-state index is 0.240. The van der Waals surface area contributed by atoms with Gasteiger partial charge in [0.15, 0.2) is 0 Å². The minimum Gasteiger partial charge on any atom is -0.380 e. The van der Waals surface area contributed by atoms with Gasteiger partial charge in [-0.25, -0.2) is 0 Å². The van der Waals surface area contributed by atoms with Gasteiger partial charge in [0.1, 0.15) is 0 Å². The first-order valence-electron chi connectivity index (χ1n) is 7.66. The number of hydrogen-bond acceptors (Lipinski definition) is 2. The van der Waals surface area contributed by atoms with E-state index >= 15 is 0 Å². The first kappa shape index (κ1) is 14.4. The van der Waals surface area contributed by atoms with Crippen LogP contribution < -0.4 is 5.32 Å². The molecule has 3 rings (SSSR count). The molecule has 1 N–H and O–H groups in total. The normalized spacial score (nSPS) is 23.9. The average molecular weight is 294 g/mol. The summed E-state index contributed by atoms with van der Waals surface area (Å²) < 4.78 is 5.71. The third-order valence-electron chi connectivity index (χ3n) is 4.49. The predicted molar refractivity (Wildman–Crippen MR) is 83.2 cm³/mol. The molecule has 1 aromatic rings. The quantitative estimate of drug-likeness (QED) is 0.801. The molecule has 1 fully saturated rings. The van der Waals surface area contributed by atoms with E-state index in [2.05, 4.69) is 31.3 Å². The second-order valence-electron chi connectivity index (χ2n) is 6.91. The van der Waals surface area contributed by atoms with Crippen LogP contribution in [0.2, 0.25) is 5.02 Å². The predicted octanol–water partition coefficient (Wildman–Crippen LogP) is 3.98. The molecule has 20 heavy (non-hydrogen) atoms. The highest BCUT2D eigenvalue weighted by Gasteiger charge is 2.38. The van der Waals surface area contributed by atoms with Crippen LogP contribution in [0, 0.1) is 11.3 Å². The van der Waals surface area contributed by atoms with Gasteiger partial charge in [-0.15, -0.1) is 0 Å². The Labute approximate surface area is 126 Å². The molecule has 0 heterocycles. The molecule has 3 heteroatoms. The zero-order valence-electron chi connectivity index (χ0n) is 12.4. The van der Waals surface area contributed by atoms with Crippen LogP contribution in [0.4, 0.5) is 0 Å². The van der Waals surface area contributed by atoms with Crippen LogP contribution in [0.25, 0.3) is 0 Å². The highest BCUT2D eigenvalue weighted by Crippen LogP contribution is 2.45. The molecule has 1 aromatic carbocycles. The topological polar surface area (TPSA) is 21.3 Å². The summed E-state index contributed by atoms with van der Waals surface area (Å²) in [5, 5.41) is 4.50. The zero-order valence-corrected chi connectivity index (χ0v) is 13.2. The Bertz CT molecular complexity index is 482. The molecule has 1 unspecified atom stereocenters. The standard InChI is InChI=1S/C17H24ClNO/c1-17(2)10-13-5-6-14(18)9-15(13)16(17)19-7-8-20-11-12-3-4-12/h5-6,9,12,16,19H,3-4,7-8,10-11H2,1-2H3. The van der Waals surface area contributed by atoms with Crippen LogP contribution in [0.5, 0.6) is 0 Å². The first-order valence-corrected chi connectivity index (χ1v) is 8.03. The number of ether oxygens (including phenoxy) is 1. The number of hydrogen-bond donors (Lipinski definition) is 1. The molecule has 0 aromatic heterocycles. The van der Waals surface area contributed by atoms with Gasteiger partial charge in [0.25, 0.3) is 0 Å². The third kappa shape index (κ3) is 3.19. The number of halogens is 1. The lowest BCUT2D eigenvalue weighted by molar-refractivity contribution is 0.119. The molecular weight excluding hydrogens is 270 g/mol. The molecule has 0 bridgehead atoms. The van der Waals surface area contributed by atoms with Gasteiger partial charge in [0.05, 0.1) is 6.61 Å². The lowest BCUT2D eigenvalue weighted by Crippen LogP contribution is -2.33. The molecule has 0 saturated heterocycles. The first-order chi connectivity index (χ1) is 9.56. The van der Waals surface area contributed by atoms with E-state index in [4.69, 9.17) is 16.3 Å². The Morgan fingerprint density at radius 1 is 1.35 bits per heavy atom. The highest BCUT2D eigenvalue weighted by atomic mass is 35.5. The summed E-state index contributed by atoms with van der Waals surface area (Å²) >= 11 is 6.15. The lowest BCUT2D eigenvalue weighted by Gasteiger charge is -2.28. The Morgan fingerprint density at radius 2 is 2.15 bits per heavy atom. The molecule has 2 aliphatic carbocycles. The maximum atomic E-state index is 6.15. The SMILES string of the molecule is CC1(C)Cc2ccc(Cl)cc2C1NCCOCC1CC1. The highest BCUT2D eigenvalue weighted by molar-refractivity contribution is 6.30. The van der Waals surface area contributed by atoms with Crippen molar-refractivity contribution in [3.05, 3.63) is 34.3 Å². The average Bonchev–Trinajstić information content (AvgIpc) is 3.16. The molecule has 2 nitrogen and oxygen atoms in total. The molecule has 1 saturated carbocycles. The van der Waals surface area contributed by atoms with E-state index in [-0.39, 0.29) is 5.41 Å². The van der Waals surface area contributed by atoms with Crippen molar-refractivity contribution < 1.29 is 4.74 Å². The summed E-state index contributed by atoms with van der Waals surface area (Å²) in [6.45, 7) is 7.30. The number of nitrogens with one attached hydrogen (secondary N) is 1. The van der Waals surface area contributed by atoms with Crippen molar-refractivity contribution in [3.63, 3.8) is 0 Å². The van der Waals surface area contributed by atoms with Gasteiger partial charge in [0.2, 0.25) is 0 Å². The van der Waals surface area contributed by atoms with Crippen LogP contribution in [0.3, 0.4) is 0 Å².